The van der Waals surface area contributed by atoms with Crippen molar-refractivity contribution in [3.05, 3.63) is 53.3 Å². The molecule has 0 aromatic heterocycles. The van der Waals surface area contributed by atoms with Crippen LogP contribution in [-0.4, -0.2) is 44.4 Å². The van der Waals surface area contributed by atoms with Gasteiger partial charge in [-0.1, -0.05) is 12.1 Å². The summed E-state index contributed by atoms with van der Waals surface area (Å²) in [5.74, 6) is 2.49. The van der Waals surface area contributed by atoms with Gasteiger partial charge in [0.2, 0.25) is 5.91 Å². The maximum Gasteiger partial charge on any atom is 0.234 e. The van der Waals surface area contributed by atoms with Crippen molar-refractivity contribution in [3.8, 4) is 17.2 Å². The lowest BCUT2D eigenvalue weighted by molar-refractivity contribution is -0.134. The molecule has 4 rings (SSSR count). The Morgan fingerprint density at radius 2 is 1.66 bits per heavy atom. The zero-order valence-electron chi connectivity index (χ0n) is 16.7. The number of hydrogen-bond acceptors (Lipinski definition) is 5. The molecule has 7 heteroatoms. The number of carbonyl (C=O) groups excluding carboxylic acids is 1. The first-order valence-electron chi connectivity index (χ1n) is 9.52. The van der Waals surface area contributed by atoms with Gasteiger partial charge in [0, 0.05) is 23.9 Å². The molecule has 1 unspecified atom stereocenters. The van der Waals surface area contributed by atoms with Gasteiger partial charge in [0.15, 0.2) is 11.5 Å². The number of hydrogen-bond donors (Lipinski definition) is 0. The Balaban J connectivity index is 1.68. The van der Waals surface area contributed by atoms with Crippen LogP contribution in [0.2, 0.25) is 0 Å². The minimum absolute atomic E-state index is 0.0935. The number of methoxy groups -OCH3 is 3. The highest BCUT2D eigenvalue weighted by Gasteiger charge is 2.54. The Hall–Kier alpha value is -2.41. The molecule has 1 amide bonds. The fourth-order valence-corrected chi connectivity index (χ4v) is 5.25. The zero-order chi connectivity index (χ0) is 20.6. The molecule has 2 aromatic rings. The molecule has 1 saturated heterocycles. The lowest BCUT2D eigenvalue weighted by Crippen LogP contribution is -2.39. The highest BCUT2D eigenvalue weighted by Crippen LogP contribution is 2.53. The van der Waals surface area contributed by atoms with Gasteiger partial charge in [0.25, 0.3) is 0 Å². The first kappa shape index (κ1) is 19.9. The lowest BCUT2D eigenvalue weighted by atomic mass is 9.94. The molecule has 29 heavy (non-hydrogen) atoms. The van der Waals surface area contributed by atoms with Gasteiger partial charge in [-0.05, 0) is 36.6 Å². The second-order valence-electron chi connectivity index (χ2n) is 7.26. The van der Waals surface area contributed by atoms with Gasteiger partial charge in [0.1, 0.15) is 16.9 Å². The van der Waals surface area contributed by atoms with Crippen molar-refractivity contribution in [2.45, 2.75) is 23.6 Å². The van der Waals surface area contributed by atoms with Crippen LogP contribution in [-0.2, 0) is 10.2 Å². The molecule has 0 radical (unpaired) electrons. The second kappa shape index (κ2) is 7.78. The standard InChI is InChI=1S/C22H24FNO4S/c1-26-17-13-19(28-3)18(27-2)12-16(17)20-24(10-11-29-20)21(25)22(8-9-22)14-4-6-15(23)7-5-14/h4-7,12-13,20H,8-11H2,1-3H3. The molecule has 0 N–H and O–H groups in total. The third kappa shape index (κ3) is 3.41. The van der Waals surface area contributed by atoms with Crippen LogP contribution < -0.4 is 14.2 Å². The average molecular weight is 418 g/mol. The van der Waals surface area contributed by atoms with E-state index in [1.807, 2.05) is 11.0 Å². The Morgan fingerprint density at radius 3 is 2.24 bits per heavy atom. The van der Waals surface area contributed by atoms with Crippen LogP contribution in [0.4, 0.5) is 4.39 Å². The van der Waals surface area contributed by atoms with E-state index in [2.05, 4.69) is 0 Å². The number of amides is 1. The van der Waals surface area contributed by atoms with Crippen LogP contribution in [0.1, 0.15) is 29.3 Å². The third-order valence-corrected chi connectivity index (χ3v) is 6.95. The number of benzene rings is 2. The number of nitrogens with zero attached hydrogens (tertiary/aromatic N) is 1. The average Bonchev–Trinajstić information content (AvgIpc) is 3.42. The van der Waals surface area contributed by atoms with Gasteiger partial charge in [-0.2, -0.15) is 0 Å². The number of rotatable bonds is 6. The fourth-order valence-electron chi connectivity index (χ4n) is 3.98. The van der Waals surface area contributed by atoms with Gasteiger partial charge < -0.3 is 19.1 Å². The molecule has 0 bridgehead atoms. The molecule has 1 aliphatic carbocycles. The van der Waals surface area contributed by atoms with Gasteiger partial charge in [-0.25, -0.2) is 4.39 Å². The predicted octanol–water partition coefficient (Wildman–Crippen LogP) is 4.16. The normalized spacial score (nSPS) is 19.7. The first-order valence-corrected chi connectivity index (χ1v) is 10.6. The predicted molar refractivity (Wildman–Crippen MR) is 110 cm³/mol. The Bertz CT molecular complexity index is 914. The molecule has 2 fully saturated rings. The number of thioether (sulfide) groups is 1. The SMILES string of the molecule is COc1cc(OC)c(C2SCCN2C(=O)C2(c3ccc(F)cc3)CC2)cc1OC. The second-order valence-corrected chi connectivity index (χ2v) is 8.45. The Labute approximate surface area is 174 Å². The van der Waals surface area contributed by atoms with E-state index >= 15 is 0 Å². The van der Waals surface area contributed by atoms with Gasteiger partial charge in [0.05, 0.1) is 26.7 Å². The molecule has 0 spiro atoms. The van der Waals surface area contributed by atoms with Crippen molar-refractivity contribution < 1.29 is 23.4 Å². The van der Waals surface area contributed by atoms with Crippen LogP contribution in [0.25, 0.3) is 0 Å². The highest BCUT2D eigenvalue weighted by atomic mass is 32.2. The zero-order valence-corrected chi connectivity index (χ0v) is 17.6. The van der Waals surface area contributed by atoms with Crippen LogP contribution in [0.15, 0.2) is 36.4 Å². The lowest BCUT2D eigenvalue weighted by Gasteiger charge is -2.30. The molecular weight excluding hydrogens is 393 g/mol. The van der Waals surface area contributed by atoms with E-state index < -0.39 is 5.41 Å². The van der Waals surface area contributed by atoms with E-state index in [0.29, 0.717) is 23.8 Å². The van der Waals surface area contributed by atoms with Crippen molar-refractivity contribution in [2.24, 2.45) is 0 Å². The number of carbonyl (C=O) groups is 1. The third-order valence-electron chi connectivity index (χ3n) is 5.71. The van der Waals surface area contributed by atoms with E-state index in [0.717, 1.165) is 29.7 Å². The van der Waals surface area contributed by atoms with E-state index in [1.54, 1.807) is 51.3 Å². The molecule has 154 valence electrons. The minimum atomic E-state index is -0.541. The molecule has 1 heterocycles. The van der Waals surface area contributed by atoms with E-state index in [1.165, 1.54) is 12.1 Å². The van der Waals surface area contributed by atoms with Crippen LogP contribution in [0.3, 0.4) is 0 Å². The summed E-state index contributed by atoms with van der Waals surface area (Å²) in [4.78, 5) is 15.5. The van der Waals surface area contributed by atoms with E-state index in [4.69, 9.17) is 14.2 Å². The smallest absolute Gasteiger partial charge is 0.234 e. The molecule has 1 saturated carbocycles. The summed E-state index contributed by atoms with van der Waals surface area (Å²) in [6, 6.07) is 10.00. The fraction of sp³-hybridized carbons (Fsp3) is 0.409. The van der Waals surface area contributed by atoms with Crippen LogP contribution in [0.5, 0.6) is 17.2 Å². The maximum absolute atomic E-state index is 13.6. The monoisotopic (exact) mass is 417 g/mol. The summed E-state index contributed by atoms with van der Waals surface area (Å²) in [7, 11) is 4.78. The summed E-state index contributed by atoms with van der Waals surface area (Å²) in [5, 5.41) is -0.171. The van der Waals surface area contributed by atoms with Crippen molar-refractivity contribution in [1.82, 2.24) is 4.90 Å². The molecule has 2 aliphatic rings. The van der Waals surface area contributed by atoms with Gasteiger partial charge in [-0.3, -0.25) is 4.79 Å². The van der Waals surface area contributed by atoms with Crippen LogP contribution in [0, 0.1) is 5.82 Å². The summed E-state index contributed by atoms with van der Waals surface area (Å²) in [6.45, 7) is 0.661. The molecular formula is C22H24FNO4S. The molecule has 2 aromatic carbocycles. The van der Waals surface area contributed by atoms with Gasteiger partial charge >= 0.3 is 0 Å². The molecule has 1 atom stereocenters. The van der Waals surface area contributed by atoms with Crippen LogP contribution >= 0.6 is 11.8 Å². The summed E-state index contributed by atoms with van der Waals surface area (Å²) in [5.41, 5.74) is 1.23. The Morgan fingerprint density at radius 1 is 1.03 bits per heavy atom. The summed E-state index contributed by atoms with van der Waals surface area (Å²) < 4.78 is 29.8. The number of ether oxygens (including phenoxy) is 3. The summed E-state index contributed by atoms with van der Waals surface area (Å²) >= 11 is 1.70. The van der Waals surface area contributed by atoms with E-state index in [-0.39, 0.29) is 17.1 Å². The maximum atomic E-state index is 13.6. The van der Waals surface area contributed by atoms with Crippen molar-refractivity contribution in [3.63, 3.8) is 0 Å². The first-order chi connectivity index (χ1) is 14.0. The largest absolute Gasteiger partial charge is 0.496 e. The molecule has 5 nitrogen and oxygen atoms in total. The topological polar surface area (TPSA) is 48.0 Å². The van der Waals surface area contributed by atoms with Crippen molar-refractivity contribution in [1.29, 1.82) is 0 Å². The molecule has 1 aliphatic heterocycles. The Kier molecular flexibility index (Phi) is 5.34. The summed E-state index contributed by atoms with van der Waals surface area (Å²) in [6.07, 6.45) is 1.57. The van der Waals surface area contributed by atoms with Crippen molar-refractivity contribution in [2.75, 3.05) is 33.6 Å². The quantitative estimate of drug-likeness (QED) is 0.707. The highest BCUT2D eigenvalue weighted by molar-refractivity contribution is 7.99. The number of halogens is 1. The van der Waals surface area contributed by atoms with Gasteiger partial charge in [-0.15, -0.1) is 11.8 Å². The van der Waals surface area contributed by atoms with E-state index in [9.17, 15) is 9.18 Å². The minimum Gasteiger partial charge on any atom is -0.496 e. The van der Waals surface area contributed by atoms with Crippen molar-refractivity contribution >= 4 is 17.7 Å².